The van der Waals surface area contributed by atoms with Crippen molar-refractivity contribution in [3.8, 4) is 38.7 Å². The molecule has 1 fully saturated rings. The highest BCUT2D eigenvalue weighted by atomic mass is 32.1. The minimum absolute atomic E-state index is 0.0165. The maximum Gasteiger partial charge on any atom is 0.287 e. The number of nitrogens with zero attached hydrogens (tertiary/aromatic N) is 3. The van der Waals surface area contributed by atoms with E-state index >= 15 is 0 Å². The van der Waals surface area contributed by atoms with E-state index in [1.807, 2.05) is 6.07 Å². The Kier molecular flexibility index (Phi) is 7.15. The zero-order chi connectivity index (χ0) is 27.9. The summed E-state index contributed by atoms with van der Waals surface area (Å²) in [6, 6.07) is 17.2. The number of anilines is 1. The fourth-order valence-electron chi connectivity index (χ4n) is 5.49. The third-order valence-corrected chi connectivity index (χ3v) is 8.40. The zero-order valence-corrected chi connectivity index (χ0v) is 24.4. The molecule has 0 saturated carbocycles. The largest absolute Gasteiger partial charge is 0.496 e. The molecule has 2 aliphatic heterocycles. The fourth-order valence-corrected chi connectivity index (χ4v) is 6.21. The van der Waals surface area contributed by atoms with E-state index in [1.54, 1.807) is 18.4 Å². The van der Waals surface area contributed by atoms with Crippen LogP contribution in [0, 0.1) is 5.41 Å². The lowest BCUT2D eigenvalue weighted by atomic mass is 9.91. The van der Waals surface area contributed by atoms with Crippen LogP contribution in [0.3, 0.4) is 0 Å². The van der Waals surface area contributed by atoms with E-state index in [2.05, 4.69) is 83.4 Å². The first kappa shape index (κ1) is 26.6. The van der Waals surface area contributed by atoms with Gasteiger partial charge in [-0.15, -0.1) is 11.3 Å². The number of benzene rings is 2. The highest BCUT2D eigenvalue weighted by molar-refractivity contribution is 7.13. The van der Waals surface area contributed by atoms with Crippen LogP contribution in [0.1, 0.15) is 37.0 Å². The standard InChI is InChI=1S/C32H36N4O3S/c1-32(2,3)20-33-31(37)30-34-28(27-9-6-16-40-27)29-25-19-24(26(38-4)18-22(25)10-11-36(29)30)21-7-5-8-23(17-21)35-12-14-39-15-13-35/h5-9,16-19H,10-15,20H2,1-4H3,(H,33,37). The number of aryl methyl sites for hydroxylation is 1. The summed E-state index contributed by atoms with van der Waals surface area (Å²) in [4.78, 5) is 21.8. The van der Waals surface area contributed by atoms with Gasteiger partial charge in [-0.25, -0.2) is 4.98 Å². The highest BCUT2D eigenvalue weighted by Crippen LogP contribution is 2.44. The lowest BCUT2D eigenvalue weighted by Gasteiger charge is -2.29. The van der Waals surface area contributed by atoms with E-state index in [9.17, 15) is 4.79 Å². The van der Waals surface area contributed by atoms with Gasteiger partial charge in [0.15, 0.2) is 5.82 Å². The third-order valence-electron chi connectivity index (χ3n) is 7.52. The van der Waals surface area contributed by atoms with E-state index < -0.39 is 0 Å². The molecule has 7 nitrogen and oxygen atoms in total. The SMILES string of the molecule is COc1cc2c(cc1-c1cccc(N3CCOCC3)c1)-c1c(-c3cccs3)nc(C(=O)NCC(C)(C)C)n1CC2. The predicted molar refractivity (Wildman–Crippen MR) is 161 cm³/mol. The summed E-state index contributed by atoms with van der Waals surface area (Å²) in [6.45, 7) is 10.9. The molecule has 0 bridgehead atoms. The molecule has 40 heavy (non-hydrogen) atoms. The molecule has 1 saturated heterocycles. The molecule has 8 heteroatoms. The molecule has 0 radical (unpaired) electrons. The fraction of sp³-hybridized carbons (Fsp3) is 0.375. The molecule has 1 N–H and O–H groups in total. The van der Waals surface area contributed by atoms with Gasteiger partial charge in [0.05, 0.1) is 30.9 Å². The number of carbonyl (C=O) groups excluding carboxylic acids is 1. The number of carbonyl (C=O) groups is 1. The Bertz CT molecular complexity index is 1530. The summed E-state index contributed by atoms with van der Waals surface area (Å²) in [5.41, 5.74) is 7.46. The number of thiophene rings is 1. The third kappa shape index (κ3) is 5.13. The van der Waals surface area contributed by atoms with Gasteiger partial charge in [-0.2, -0.15) is 0 Å². The number of methoxy groups -OCH3 is 1. The maximum atomic E-state index is 13.4. The summed E-state index contributed by atoms with van der Waals surface area (Å²) in [6.07, 6.45) is 0.798. The van der Waals surface area contributed by atoms with Crippen LogP contribution in [0.4, 0.5) is 5.69 Å². The van der Waals surface area contributed by atoms with Gasteiger partial charge in [-0.1, -0.05) is 39.0 Å². The Morgan fingerprint density at radius 2 is 1.90 bits per heavy atom. The maximum absolute atomic E-state index is 13.4. The van der Waals surface area contributed by atoms with Gasteiger partial charge in [0.2, 0.25) is 0 Å². The Morgan fingerprint density at radius 1 is 1.07 bits per heavy atom. The Balaban J connectivity index is 1.47. The van der Waals surface area contributed by atoms with Crippen LogP contribution in [0.25, 0.3) is 33.0 Å². The van der Waals surface area contributed by atoms with Gasteiger partial charge < -0.3 is 24.3 Å². The lowest BCUT2D eigenvalue weighted by Crippen LogP contribution is -2.36. The monoisotopic (exact) mass is 556 g/mol. The molecule has 0 unspecified atom stereocenters. The number of hydrogen-bond acceptors (Lipinski definition) is 6. The van der Waals surface area contributed by atoms with Crippen molar-refractivity contribution in [3.05, 3.63) is 65.3 Å². The van der Waals surface area contributed by atoms with E-state index in [-0.39, 0.29) is 11.3 Å². The minimum Gasteiger partial charge on any atom is -0.496 e. The molecular formula is C32H36N4O3S. The molecule has 2 aliphatic rings. The molecule has 2 aromatic carbocycles. The molecule has 4 heterocycles. The van der Waals surface area contributed by atoms with Gasteiger partial charge in [0, 0.05) is 43.0 Å². The van der Waals surface area contributed by atoms with Gasteiger partial charge in [0.1, 0.15) is 11.4 Å². The molecule has 0 spiro atoms. The molecule has 0 aliphatic carbocycles. The molecule has 6 rings (SSSR count). The summed E-state index contributed by atoms with van der Waals surface area (Å²) in [5, 5.41) is 5.17. The zero-order valence-electron chi connectivity index (χ0n) is 23.6. The van der Waals surface area contributed by atoms with Crippen molar-refractivity contribution < 1.29 is 14.3 Å². The molecule has 208 valence electrons. The van der Waals surface area contributed by atoms with E-state index in [4.69, 9.17) is 14.5 Å². The Labute approximate surface area is 239 Å². The van der Waals surface area contributed by atoms with Crippen LogP contribution in [-0.2, 0) is 17.7 Å². The van der Waals surface area contributed by atoms with Gasteiger partial charge in [-0.3, -0.25) is 4.79 Å². The number of nitrogens with one attached hydrogen (secondary N) is 1. The molecular weight excluding hydrogens is 520 g/mol. The van der Waals surface area contributed by atoms with Gasteiger partial charge >= 0.3 is 0 Å². The number of morpholine rings is 1. The summed E-state index contributed by atoms with van der Waals surface area (Å²) >= 11 is 1.64. The second-order valence-corrected chi connectivity index (χ2v) is 12.6. The smallest absolute Gasteiger partial charge is 0.287 e. The first-order chi connectivity index (χ1) is 19.3. The summed E-state index contributed by atoms with van der Waals surface area (Å²) in [5.74, 6) is 1.20. The number of fused-ring (bicyclic) bond motifs is 3. The van der Waals surface area contributed by atoms with E-state index in [1.165, 1.54) is 11.3 Å². The first-order valence-electron chi connectivity index (χ1n) is 13.9. The van der Waals surface area contributed by atoms with Crippen LogP contribution in [0.2, 0.25) is 0 Å². The summed E-state index contributed by atoms with van der Waals surface area (Å²) < 4.78 is 13.6. The number of aromatic nitrogens is 2. The second kappa shape index (κ2) is 10.7. The molecule has 0 atom stereocenters. The number of ether oxygens (including phenoxy) is 2. The number of hydrogen-bond donors (Lipinski definition) is 1. The van der Waals surface area contributed by atoms with Crippen LogP contribution in [0.5, 0.6) is 5.75 Å². The topological polar surface area (TPSA) is 68.6 Å². The Morgan fingerprint density at radius 3 is 2.62 bits per heavy atom. The van der Waals surface area contributed by atoms with Crippen molar-refractivity contribution in [1.29, 1.82) is 0 Å². The van der Waals surface area contributed by atoms with Crippen molar-refractivity contribution >= 4 is 22.9 Å². The van der Waals surface area contributed by atoms with Crippen molar-refractivity contribution in [3.63, 3.8) is 0 Å². The normalized spacial score (nSPS) is 14.9. The summed E-state index contributed by atoms with van der Waals surface area (Å²) in [7, 11) is 1.73. The number of imidazole rings is 1. The number of rotatable bonds is 6. The average molecular weight is 557 g/mol. The quantitative estimate of drug-likeness (QED) is 0.310. The van der Waals surface area contributed by atoms with E-state index in [0.29, 0.717) is 18.9 Å². The first-order valence-corrected chi connectivity index (χ1v) is 14.8. The number of amides is 1. The van der Waals surface area contributed by atoms with E-state index in [0.717, 1.165) is 71.4 Å². The van der Waals surface area contributed by atoms with Gasteiger partial charge in [0.25, 0.3) is 5.91 Å². The minimum atomic E-state index is -0.130. The van der Waals surface area contributed by atoms with Crippen molar-refractivity contribution in [2.45, 2.75) is 33.7 Å². The Hall–Kier alpha value is -3.62. The lowest BCUT2D eigenvalue weighted by molar-refractivity contribution is 0.0924. The van der Waals surface area contributed by atoms with Crippen LogP contribution in [0.15, 0.2) is 53.9 Å². The predicted octanol–water partition coefficient (Wildman–Crippen LogP) is 6.12. The molecule has 2 aromatic heterocycles. The van der Waals surface area contributed by atoms with Crippen LogP contribution in [-0.4, -0.2) is 55.4 Å². The van der Waals surface area contributed by atoms with Crippen molar-refractivity contribution in [2.24, 2.45) is 5.41 Å². The van der Waals surface area contributed by atoms with Crippen LogP contribution < -0.4 is 15.0 Å². The molecule has 4 aromatic rings. The molecule has 1 amide bonds. The highest BCUT2D eigenvalue weighted by Gasteiger charge is 2.30. The van der Waals surface area contributed by atoms with Gasteiger partial charge in [-0.05, 0) is 58.7 Å². The second-order valence-electron chi connectivity index (χ2n) is 11.6. The average Bonchev–Trinajstić information content (AvgIpc) is 3.64. The van der Waals surface area contributed by atoms with Crippen LogP contribution >= 0.6 is 11.3 Å². The van der Waals surface area contributed by atoms with Crippen molar-refractivity contribution in [1.82, 2.24) is 14.9 Å². The van der Waals surface area contributed by atoms with Crippen molar-refractivity contribution in [2.75, 3.05) is 44.9 Å².